The lowest BCUT2D eigenvalue weighted by Crippen LogP contribution is -2.45. The van der Waals surface area contributed by atoms with Crippen molar-refractivity contribution >= 4 is 25.3 Å². The maximum Gasteiger partial charge on any atom is 0.194 e. The summed E-state index contributed by atoms with van der Waals surface area (Å²) in [7, 11) is -0.951. The minimum Gasteiger partial charge on any atom is -0.372 e. The van der Waals surface area contributed by atoms with Gasteiger partial charge in [0.15, 0.2) is 13.6 Å². The van der Waals surface area contributed by atoms with Gasteiger partial charge in [-0.3, -0.25) is 4.79 Å². The van der Waals surface area contributed by atoms with Crippen LogP contribution in [0.3, 0.4) is 0 Å². The Bertz CT molecular complexity index is 536. The Hall–Kier alpha value is 0.290. The van der Waals surface area contributed by atoms with E-state index < -0.39 is 14.1 Å². The van der Waals surface area contributed by atoms with Crippen molar-refractivity contribution < 1.29 is 14.1 Å². The zero-order chi connectivity index (χ0) is 25.7. The number of carbonyl (C=O) groups is 1. The van der Waals surface area contributed by atoms with Crippen LogP contribution in [0.2, 0.25) is 0 Å². The first-order chi connectivity index (χ1) is 14.2. The SMILES string of the molecule is CC(C)N(C(C)C)P(OCC(C)(C)OCC(C)(C)SC(=O)C(C)(C)C)N(C(C)C)C(C)C. The summed E-state index contributed by atoms with van der Waals surface area (Å²) < 4.78 is 17.7. The molecule has 0 radical (unpaired) electrons. The first-order valence-electron chi connectivity index (χ1n) is 12.1. The molecule has 0 atom stereocenters. The summed E-state index contributed by atoms with van der Waals surface area (Å²) in [5.41, 5.74) is -0.812. The van der Waals surface area contributed by atoms with Crippen LogP contribution in [0.5, 0.6) is 0 Å². The quantitative estimate of drug-likeness (QED) is 0.250. The molecule has 0 bridgehead atoms. The molecule has 0 aliphatic carbocycles. The molecule has 0 aromatic carbocycles. The van der Waals surface area contributed by atoms with Gasteiger partial charge in [0.05, 0.1) is 18.8 Å². The second-order valence-corrected chi connectivity index (χ2v) is 15.5. The fraction of sp³-hybridized carbons (Fsp3) is 0.960. The van der Waals surface area contributed by atoms with Gasteiger partial charge in [-0.2, -0.15) is 0 Å². The molecule has 0 amide bonds. The summed E-state index contributed by atoms with van der Waals surface area (Å²) in [6.45, 7) is 33.1. The number of ether oxygens (including phenoxy) is 1. The second-order valence-electron chi connectivity index (χ2n) is 12.1. The van der Waals surface area contributed by atoms with Crippen LogP contribution >= 0.6 is 20.2 Å². The highest BCUT2D eigenvalue weighted by Crippen LogP contribution is 2.51. The van der Waals surface area contributed by atoms with Crippen LogP contribution in [-0.2, 0) is 14.1 Å². The molecule has 0 aromatic rings. The zero-order valence-electron chi connectivity index (χ0n) is 23.7. The smallest absolute Gasteiger partial charge is 0.194 e. The van der Waals surface area contributed by atoms with Crippen LogP contribution in [0.4, 0.5) is 0 Å². The van der Waals surface area contributed by atoms with Gasteiger partial charge in [0.2, 0.25) is 0 Å². The molecular weight excluding hydrogens is 439 g/mol. The molecule has 0 heterocycles. The van der Waals surface area contributed by atoms with E-state index >= 15 is 0 Å². The van der Waals surface area contributed by atoms with Gasteiger partial charge in [-0.05, 0) is 83.1 Å². The summed E-state index contributed by atoms with van der Waals surface area (Å²) in [4.78, 5) is 12.5. The minimum atomic E-state index is -0.951. The lowest BCUT2D eigenvalue weighted by atomic mass is 9.99. The van der Waals surface area contributed by atoms with E-state index in [2.05, 4.69) is 92.4 Å². The van der Waals surface area contributed by atoms with Gasteiger partial charge in [-0.15, -0.1) is 0 Å². The third kappa shape index (κ3) is 11.1. The molecule has 0 unspecified atom stereocenters. The van der Waals surface area contributed by atoms with E-state index in [0.29, 0.717) is 37.4 Å². The fourth-order valence-corrected chi connectivity index (χ4v) is 6.73. The van der Waals surface area contributed by atoms with Crippen LogP contribution < -0.4 is 0 Å². The molecule has 0 aliphatic rings. The van der Waals surface area contributed by atoms with Gasteiger partial charge >= 0.3 is 0 Å². The molecule has 0 fully saturated rings. The highest BCUT2D eigenvalue weighted by atomic mass is 32.2. The highest BCUT2D eigenvalue weighted by molar-refractivity contribution is 8.14. The van der Waals surface area contributed by atoms with Gasteiger partial charge in [0.25, 0.3) is 0 Å². The summed E-state index contributed by atoms with van der Waals surface area (Å²) in [6.07, 6.45) is 0. The van der Waals surface area contributed by atoms with Crippen molar-refractivity contribution in [2.24, 2.45) is 5.41 Å². The van der Waals surface area contributed by atoms with E-state index in [1.807, 2.05) is 20.8 Å². The van der Waals surface area contributed by atoms with Gasteiger partial charge in [-0.1, -0.05) is 32.5 Å². The lowest BCUT2D eigenvalue weighted by Gasteiger charge is -2.46. The van der Waals surface area contributed by atoms with Gasteiger partial charge in [0.1, 0.15) is 0 Å². The van der Waals surface area contributed by atoms with Crippen molar-refractivity contribution in [3.63, 3.8) is 0 Å². The Morgan fingerprint density at radius 2 is 1.12 bits per heavy atom. The largest absolute Gasteiger partial charge is 0.372 e. The third-order valence-corrected chi connectivity index (χ3v) is 9.30. The van der Waals surface area contributed by atoms with Crippen molar-refractivity contribution in [1.29, 1.82) is 0 Å². The first kappa shape index (κ1) is 32.3. The first-order valence-corrected chi connectivity index (χ1v) is 14.1. The van der Waals surface area contributed by atoms with Crippen LogP contribution in [0, 0.1) is 5.41 Å². The monoisotopic (exact) mass is 492 g/mol. The molecule has 0 N–H and O–H groups in total. The van der Waals surface area contributed by atoms with E-state index in [4.69, 9.17) is 9.26 Å². The third-order valence-electron chi connectivity index (χ3n) is 4.83. The molecular formula is C25H53N2O3PS. The topological polar surface area (TPSA) is 42.0 Å². The summed E-state index contributed by atoms with van der Waals surface area (Å²) in [6, 6.07) is 1.51. The molecule has 32 heavy (non-hydrogen) atoms. The van der Waals surface area contributed by atoms with Gasteiger partial charge in [-0.25, -0.2) is 9.34 Å². The number of carbonyl (C=O) groups excluding carboxylic acids is 1. The highest BCUT2D eigenvalue weighted by Gasteiger charge is 2.37. The van der Waals surface area contributed by atoms with E-state index in [1.54, 1.807) is 0 Å². The molecule has 0 saturated carbocycles. The Balaban J connectivity index is 5.42. The minimum absolute atomic E-state index is 0.192. The molecule has 0 rings (SSSR count). The van der Waals surface area contributed by atoms with Crippen LogP contribution in [-0.4, -0.2) is 62.2 Å². The van der Waals surface area contributed by atoms with Crippen LogP contribution in [0.15, 0.2) is 0 Å². The van der Waals surface area contributed by atoms with E-state index in [1.165, 1.54) is 11.8 Å². The summed E-state index contributed by atoms with van der Waals surface area (Å²) >= 11 is 1.38. The number of hydrogen-bond acceptors (Lipinski definition) is 6. The molecule has 192 valence electrons. The predicted octanol–water partition coefficient (Wildman–Crippen LogP) is 7.35. The van der Waals surface area contributed by atoms with E-state index in [-0.39, 0.29) is 15.3 Å². The maximum atomic E-state index is 12.5. The maximum absolute atomic E-state index is 12.5. The average Bonchev–Trinajstić information content (AvgIpc) is 2.55. The van der Waals surface area contributed by atoms with Crippen LogP contribution in [0.25, 0.3) is 0 Å². The molecule has 0 spiro atoms. The lowest BCUT2D eigenvalue weighted by molar-refractivity contribution is -0.117. The Morgan fingerprint density at radius 3 is 1.44 bits per heavy atom. The van der Waals surface area contributed by atoms with Gasteiger partial charge < -0.3 is 9.26 Å². The van der Waals surface area contributed by atoms with Crippen molar-refractivity contribution in [1.82, 2.24) is 9.34 Å². The molecule has 7 heteroatoms. The zero-order valence-corrected chi connectivity index (χ0v) is 25.4. The van der Waals surface area contributed by atoms with Gasteiger partial charge in [0, 0.05) is 34.3 Å². The van der Waals surface area contributed by atoms with Crippen molar-refractivity contribution in [2.45, 2.75) is 138 Å². The number of rotatable bonds is 13. The number of thioether (sulfide) groups is 1. The fourth-order valence-electron chi connectivity index (χ4n) is 3.29. The summed E-state index contributed by atoms with van der Waals surface area (Å²) in [5, 5.41) is 0.192. The molecule has 0 saturated heterocycles. The van der Waals surface area contributed by atoms with E-state index in [9.17, 15) is 4.79 Å². The average molecular weight is 493 g/mol. The van der Waals surface area contributed by atoms with Crippen molar-refractivity contribution in [3.05, 3.63) is 0 Å². The van der Waals surface area contributed by atoms with Crippen molar-refractivity contribution in [2.75, 3.05) is 13.2 Å². The Labute approximate surface area is 205 Å². The second kappa shape index (κ2) is 12.8. The van der Waals surface area contributed by atoms with Crippen molar-refractivity contribution in [3.8, 4) is 0 Å². The predicted molar refractivity (Wildman–Crippen MR) is 143 cm³/mol. The number of hydrogen-bond donors (Lipinski definition) is 0. The van der Waals surface area contributed by atoms with Crippen LogP contribution in [0.1, 0.15) is 104 Å². The molecule has 0 aliphatic heterocycles. The molecule has 5 nitrogen and oxygen atoms in total. The normalized spacial score (nSPS) is 14.3. The number of nitrogens with zero attached hydrogens (tertiary/aromatic N) is 2. The molecule has 0 aromatic heterocycles. The Morgan fingerprint density at radius 1 is 0.750 bits per heavy atom. The Kier molecular flexibility index (Phi) is 13.0. The standard InChI is InChI=1S/C25H53N2O3PS/c1-18(2)26(19(3)4)31(27(20(5)6)21(7)8)30-16-24(12,13)29-17-25(14,15)32-22(28)23(9,10)11/h18-21H,16-17H2,1-15H3. The van der Waals surface area contributed by atoms with E-state index in [0.717, 1.165) is 0 Å². The summed E-state index contributed by atoms with van der Waals surface area (Å²) in [5.74, 6) is 0.